The van der Waals surface area contributed by atoms with Gasteiger partial charge in [-0.1, -0.05) is 23.8 Å². The van der Waals surface area contributed by atoms with E-state index in [2.05, 4.69) is 44.0 Å². The second-order valence-corrected chi connectivity index (χ2v) is 5.32. The fourth-order valence-electron chi connectivity index (χ4n) is 2.02. The molecule has 0 aliphatic rings. The van der Waals surface area contributed by atoms with Crippen LogP contribution in [0.1, 0.15) is 22.4 Å². The lowest BCUT2D eigenvalue weighted by atomic mass is 10.1. The number of hydrogen-bond donors (Lipinski definition) is 0. The van der Waals surface area contributed by atoms with Gasteiger partial charge in [-0.3, -0.25) is 4.98 Å². The van der Waals surface area contributed by atoms with Crippen molar-refractivity contribution in [2.24, 2.45) is 0 Å². The van der Waals surface area contributed by atoms with Crippen LogP contribution < -0.4 is 0 Å². The van der Waals surface area contributed by atoms with Crippen molar-refractivity contribution in [2.45, 2.75) is 31.4 Å². The van der Waals surface area contributed by atoms with Crippen molar-refractivity contribution in [1.82, 2.24) is 4.98 Å². The third kappa shape index (κ3) is 3.10. The predicted molar refractivity (Wildman–Crippen MR) is 74.5 cm³/mol. The molecule has 88 valence electrons. The first kappa shape index (κ1) is 12.2. The molecule has 2 rings (SSSR count). The molecule has 0 aliphatic heterocycles. The Morgan fingerprint density at radius 1 is 1.06 bits per heavy atom. The molecule has 17 heavy (non-hydrogen) atoms. The van der Waals surface area contributed by atoms with E-state index in [1.807, 2.05) is 30.1 Å². The summed E-state index contributed by atoms with van der Waals surface area (Å²) in [7, 11) is 0. The molecule has 0 amide bonds. The second-order valence-electron chi connectivity index (χ2n) is 4.34. The first-order chi connectivity index (χ1) is 8.16. The molecule has 0 atom stereocenters. The van der Waals surface area contributed by atoms with E-state index in [0.29, 0.717) is 0 Å². The fourth-order valence-corrected chi connectivity index (χ4v) is 3.06. The summed E-state index contributed by atoms with van der Waals surface area (Å²) in [5.74, 6) is 0.936. The molecule has 0 fully saturated rings. The average molecular weight is 243 g/mol. The van der Waals surface area contributed by atoms with E-state index in [4.69, 9.17) is 0 Å². The number of benzene rings is 1. The summed E-state index contributed by atoms with van der Waals surface area (Å²) in [5, 5.41) is 0. The molecule has 0 spiro atoms. The Labute approximate surface area is 107 Å². The lowest BCUT2D eigenvalue weighted by Gasteiger charge is -2.10. The summed E-state index contributed by atoms with van der Waals surface area (Å²) in [4.78, 5) is 5.74. The van der Waals surface area contributed by atoms with E-state index in [0.717, 1.165) is 11.4 Å². The number of aromatic nitrogens is 1. The average Bonchev–Trinajstić information content (AvgIpc) is 2.29. The van der Waals surface area contributed by atoms with Crippen LogP contribution in [-0.4, -0.2) is 4.98 Å². The van der Waals surface area contributed by atoms with Crippen LogP contribution >= 0.6 is 11.8 Å². The van der Waals surface area contributed by atoms with Gasteiger partial charge in [-0.15, -0.1) is 11.8 Å². The quantitative estimate of drug-likeness (QED) is 0.745. The molecular weight excluding hydrogens is 226 g/mol. The molecule has 1 heterocycles. The minimum atomic E-state index is 0.936. The van der Waals surface area contributed by atoms with Crippen LogP contribution in [0.25, 0.3) is 0 Å². The third-order valence-corrected chi connectivity index (χ3v) is 4.07. The Kier molecular flexibility index (Phi) is 3.85. The van der Waals surface area contributed by atoms with Crippen molar-refractivity contribution in [3.8, 4) is 0 Å². The van der Waals surface area contributed by atoms with Crippen molar-refractivity contribution in [3.63, 3.8) is 0 Å². The molecule has 2 aromatic rings. The van der Waals surface area contributed by atoms with E-state index in [1.54, 1.807) is 0 Å². The van der Waals surface area contributed by atoms with Crippen LogP contribution in [0.2, 0.25) is 0 Å². The third-order valence-electron chi connectivity index (χ3n) is 2.70. The monoisotopic (exact) mass is 243 g/mol. The highest BCUT2D eigenvalue weighted by atomic mass is 32.2. The first-order valence-corrected chi connectivity index (χ1v) is 6.76. The maximum Gasteiger partial charge on any atom is 0.0506 e. The van der Waals surface area contributed by atoms with Gasteiger partial charge in [0, 0.05) is 16.8 Å². The fraction of sp³-hybridized carbons (Fsp3) is 0.267. The standard InChI is InChI=1S/C15H17NS/c1-11-8-12(2)15(13(3)9-11)17-10-14-6-4-5-7-16-14/h4-9H,10H2,1-3H3. The normalized spacial score (nSPS) is 10.5. The maximum atomic E-state index is 4.35. The largest absolute Gasteiger partial charge is 0.260 e. The number of nitrogens with zero attached hydrogens (tertiary/aromatic N) is 1. The van der Waals surface area contributed by atoms with Gasteiger partial charge < -0.3 is 0 Å². The van der Waals surface area contributed by atoms with Gasteiger partial charge >= 0.3 is 0 Å². The Hall–Kier alpha value is -1.28. The highest BCUT2D eigenvalue weighted by molar-refractivity contribution is 7.98. The summed E-state index contributed by atoms with van der Waals surface area (Å²) >= 11 is 1.87. The molecule has 0 bridgehead atoms. The summed E-state index contributed by atoms with van der Waals surface area (Å²) in [6.45, 7) is 6.51. The molecule has 0 unspecified atom stereocenters. The SMILES string of the molecule is Cc1cc(C)c(SCc2ccccn2)c(C)c1. The molecule has 2 heteroatoms. The van der Waals surface area contributed by atoms with Gasteiger partial charge in [0.1, 0.15) is 0 Å². The molecule has 1 aromatic heterocycles. The van der Waals surface area contributed by atoms with Crippen LogP contribution in [0.5, 0.6) is 0 Å². The lowest BCUT2D eigenvalue weighted by Crippen LogP contribution is -1.90. The van der Waals surface area contributed by atoms with Crippen molar-refractivity contribution < 1.29 is 0 Å². The molecule has 0 aliphatic carbocycles. The van der Waals surface area contributed by atoms with E-state index >= 15 is 0 Å². The molecular formula is C15H17NS. The molecule has 1 aromatic carbocycles. The van der Waals surface area contributed by atoms with Gasteiger partial charge in [-0.25, -0.2) is 0 Å². The summed E-state index contributed by atoms with van der Waals surface area (Å²) in [5.41, 5.74) is 5.20. The molecule has 1 nitrogen and oxygen atoms in total. The van der Waals surface area contributed by atoms with Gasteiger partial charge in [-0.05, 0) is 44.0 Å². The molecule has 0 saturated carbocycles. The van der Waals surface area contributed by atoms with Crippen LogP contribution in [0.15, 0.2) is 41.4 Å². The van der Waals surface area contributed by atoms with Crippen molar-refractivity contribution in [3.05, 3.63) is 58.9 Å². The van der Waals surface area contributed by atoms with E-state index < -0.39 is 0 Å². The van der Waals surface area contributed by atoms with E-state index in [1.165, 1.54) is 21.6 Å². The van der Waals surface area contributed by atoms with Gasteiger partial charge in [0.15, 0.2) is 0 Å². The summed E-state index contributed by atoms with van der Waals surface area (Å²) in [6.07, 6.45) is 1.85. The van der Waals surface area contributed by atoms with Crippen molar-refractivity contribution in [1.29, 1.82) is 0 Å². The topological polar surface area (TPSA) is 12.9 Å². The van der Waals surface area contributed by atoms with Crippen LogP contribution in [0, 0.1) is 20.8 Å². The van der Waals surface area contributed by atoms with E-state index in [-0.39, 0.29) is 0 Å². The highest BCUT2D eigenvalue weighted by Crippen LogP contribution is 2.29. The molecule has 0 N–H and O–H groups in total. The van der Waals surface area contributed by atoms with Gasteiger partial charge in [-0.2, -0.15) is 0 Å². The number of hydrogen-bond acceptors (Lipinski definition) is 2. The van der Waals surface area contributed by atoms with Crippen molar-refractivity contribution >= 4 is 11.8 Å². The van der Waals surface area contributed by atoms with Gasteiger partial charge in [0.05, 0.1) is 5.69 Å². The highest BCUT2D eigenvalue weighted by Gasteiger charge is 2.05. The minimum absolute atomic E-state index is 0.936. The van der Waals surface area contributed by atoms with Crippen LogP contribution in [-0.2, 0) is 5.75 Å². The van der Waals surface area contributed by atoms with Gasteiger partial charge in [0.25, 0.3) is 0 Å². The van der Waals surface area contributed by atoms with E-state index in [9.17, 15) is 0 Å². The smallest absolute Gasteiger partial charge is 0.0506 e. The zero-order valence-electron chi connectivity index (χ0n) is 10.5. The van der Waals surface area contributed by atoms with Crippen LogP contribution in [0.4, 0.5) is 0 Å². The Bertz CT molecular complexity index is 483. The minimum Gasteiger partial charge on any atom is -0.260 e. The Morgan fingerprint density at radius 2 is 1.76 bits per heavy atom. The number of aryl methyl sites for hydroxylation is 3. The van der Waals surface area contributed by atoms with Gasteiger partial charge in [0.2, 0.25) is 0 Å². The number of thioether (sulfide) groups is 1. The first-order valence-electron chi connectivity index (χ1n) is 5.77. The Balaban J connectivity index is 2.15. The molecule has 0 saturated heterocycles. The van der Waals surface area contributed by atoms with Crippen molar-refractivity contribution in [2.75, 3.05) is 0 Å². The summed E-state index contributed by atoms with van der Waals surface area (Å²) < 4.78 is 0. The zero-order chi connectivity index (χ0) is 12.3. The lowest BCUT2D eigenvalue weighted by molar-refractivity contribution is 1.15. The summed E-state index contributed by atoms with van der Waals surface area (Å²) in [6, 6.07) is 10.6. The van der Waals surface area contributed by atoms with Crippen LogP contribution in [0.3, 0.4) is 0 Å². The number of rotatable bonds is 3. The maximum absolute atomic E-state index is 4.35. The second kappa shape index (κ2) is 5.37. The number of pyridine rings is 1. The molecule has 0 radical (unpaired) electrons. The predicted octanol–water partition coefficient (Wildman–Crippen LogP) is 4.30. The zero-order valence-corrected chi connectivity index (χ0v) is 11.3. The Morgan fingerprint density at radius 3 is 2.35 bits per heavy atom.